The van der Waals surface area contributed by atoms with Gasteiger partial charge in [-0.2, -0.15) is 0 Å². The molecule has 0 saturated carbocycles. The van der Waals surface area contributed by atoms with Gasteiger partial charge in [-0.05, 0) is 25.1 Å². The van der Waals surface area contributed by atoms with E-state index in [1.54, 1.807) is 6.92 Å². The summed E-state index contributed by atoms with van der Waals surface area (Å²) in [6, 6.07) is 5.91. The number of thiazole rings is 1. The number of hydrogen-bond acceptors (Lipinski definition) is 3. The van der Waals surface area contributed by atoms with Crippen LogP contribution in [0, 0.1) is 0 Å². The standard InChI is InChI=1S/C9H8BrNOS/c1-5(12)9-11-7-3-2-6(10)4-8(7)13-9/h2-5,12H,1H3. The molecule has 4 heteroatoms. The summed E-state index contributed by atoms with van der Waals surface area (Å²) >= 11 is 4.92. The zero-order chi connectivity index (χ0) is 9.42. The molecule has 13 heavy (non-hydrogen) atoms. The third-order valence-corrected chi connectivity index (χ3v) is 3.41. The van der Waals surface area contributed by atoms with Gasteiger partial charge in [-0.15, -0.1) is 11.3 Å². The van der Waals surface area contributed by atoms with Crippen molar-refractivity contribution in [3.8, 4) is 0 Å². The molecule has 1 unspecified atom stereocenters. The van der Waals surface area contributed by atoms with Crippen LogP contribution in [0.1, 0.15) is 18.0 Å². The normalized spacial score (nSPS) is 13.5. The summed E-state index contributed by atoms with van der Waals surface area (Å²) in [7, 11) is 0. The van der Waals surface area contributed by atoms with E-state index in [9.17, 15) is 5.11 Å². The van der Waals surface area contributed by atoms with Gasteiger partial charge in [-0.3, -0.25) is 0 Å². The maximum absolute atomic E-state index is 9.33. The molecule has 1 aromatic heterocycles. The van der Waals surface area contributed by atoms with Crippen molar-refractivity contribution >= 4 is 37.5 Å². The molecule has 0 radical (unpaired) electrons. The number of aromatic nitrogens is 1. The van der Waals surface area contributed by atoms with Crippen LogP contribution in [-0.4, -0.2) is 10.1 Å². The van der Waals surface area contributed by atoms with E-state index in [0.29, 0.717) is 0 Å². The minimum atomic E-state index is -0.476. The Labute approximate surface area is 88.4 Å². The lowest BCUT2D eigenvalue weighted by Crippen LogP contribution is -1.87. The van der Waals surface area contributed by atoms with E-state index in [1.807, 2.05) is 18.2 Å². The zero-order valence-corrected chi connectivity index (χ0v) is 9.39. The van der Waals surface area contributed by atoms with Crippen molar-refractivity contribution in [3.63, 3.8) is 0 Å². The van der Waals surface area contributed by atoms with Crippen LogP contribution in [0.2, 0.25) is 0 Å². The van der Waals surface area contributed by atoms with Gasteiger partial charge in [-0.1, -0.05) is 15.9 Å². The van der Waals surface area contributed by atoms with Gasteiger partial charge < -0.3 is 5.11 Å². The van der Waals surface area contributed by atoms with Crippen LogP contribution in [0.3, 0.4) is 0 Å². The number of aliphatic hydroxyl groups excluding tert-OH is 1. The van der Waals surface area contributed by atoms with E-state index in [1.165, 1.54) is 11.3 Å². The van der Waals surface area contributed by atoms with Gasteiger partial charge in [0.25, 0.3) is 0 Å². The van der Waals surface area contributed by atoms with Crippen molar-refractivity contribution in [2.75, 3.05) is 0 Å². The first kappa shape index (κ1) is 9.12. The Morgan fingerprint density at radius 2 is 2.31 bits per heavy atom. The topological polar surface area (TPSA) is 33.1 Å². The number of rotatable bonds is 1. The molecular formula is C9H8BrNOS. The van der Waals surface area contributed by atoms with Gasteiger partial charge >= 0.3 is 0 Å². The average Bonchev–Trinajstić information content (AvgIpc) is 2.46. The van der Waals surface area contributed by atoms with E-state index in [4.69, 9.17) is 0 Å². The van der Waals surface area contributed by atoms with Crippen molar-refractivity contribution in [1.82, 2.24) is 4.98 Å². The van der Waals surface area contributed by atoms with Crippen LogP contribution in [0.5, 0.6) is 0 Å². The largest absolute Gasteiger partial charge is 0.386 e. The Bertz CT molecular complexity index is 438. The van der Waals surface area contributed by atoms with E-state index < -0.39 is 6.10 Å². The number of nitrogens with zero attached hydrogens (tertiary/aromatic N) is 1. The highest BCUT2D eigenvalue weighted by molar-refractivity contribution is 9.10. The summed E-state index contributed by atoms with van der Waals surface area (Å²) in [4.78, 5) is 4.30. The smallest absolute Gasteiger partial charge is 0.122 e. The van der Waals surface area contributed by atoms with E-state index in [-0.39, 0.29) is 0 Å². The van der Waals surface area contributed by atoms with Crippen molar-refractivity contribution in [1.29, 1.82) is 0 Å². The van der Waals surface area contributed by atoms with E-state index in [2.05, 4.69) is 20.9 Å². The van der Waals surface area contributed by atoms with Gasteiger partial charge in [0.05, 0.1) is 10.2 Å². The van der Waals surface area contributed by atoms with Crippen LogP contribution in [0.25, 0.3) is 10.2 Å². The molecule has 0 amide bonds. The lowest BCUT2D eigenvalue weighted by molar-refractivity contribution is 0.199. The molecule has 1 aromatic carbocycles. The number of fused-ring (bicyclic) bond motifs is 1. The number of halogens is 1. The molecule has 0 bridgehead atoms. The lowest BCUT2D eigenvalue weighted by Gasteiger charge is -1.93. The van der Waals surface area contributed by atoms with Crippen LogP contribution in [0.15, 0.2) is 22.7 Å². The van der Waals surface area contributed by atoms with Gasteiger partial charge in [0.1, 0.15) is 11.1 Å². The molecule has 0 fully saturated rings. The summed E-state index contributed by atoms with van der Waals surface area (Å²) in [6.45, 7) is 1.73. The second kappa shape index (κ2) is 3.36. The molecule has 0 aliphatic heterocycles. The highest BCUT2D eigenvalue weighted by Gasteiger charge is 2.07. The highest BCUT2D eigenvalue weighted by atomic mass is 79.9. The molecule has 0 spiro atoms. The second-order valence-electron chi connectivity index (χ2n) is 2.84. The molecule has 1 N–H and O–H groups in total. The Morgan fingerprint density at radius 1 is 1.54 bits per heavy atom. The fourth-order valence-electron chi connectivity index (χ4n) is 1.09. The Hall–Kier alpha value is -0.450. The number of benzene rings is 1. The lowest BCUT2D eigenvalue weighted by atomic mass is 10.3. The third kappa shape index (κ3) is 1.75. The fraction of sp³-hybridized carbons (Fsp3) is 0.222. The molecule has 0 aliphatic carbocycles. The van der Waals surface area contributed by atoms with Crippen molar-refractivity contribution < 1.29 is 5.11 Å². The minimum absolute atomic E-state index is 0.476. The molecule has 2 nitrogen and oxygen atoms in total. The third-order valence-electron chi connectivity index (χ3n) is 1.72. The fourth-order valence-corrected chi connectivity index (χ4v) is 2.55. The first-order valence-electron chi connectivity index (χ1n) is 3.91. The second-order valence-corrected chi connectivity index (χ2v) is 4.82. The quantitative estimate of drug-likeness (QED) is 0.852. The maximum atomic E-state index is 9.33. The molecule has 1 atom stereocenters. The Balaban J connectivity index is 2.62. The van der Waals surface area contributed by atoms with Crippen LogP contribution in [-0.2, 0) is 0 Å². The maximum Gasteiger partial charge on any atom is 0.122 e. The van der Waals surface area contributed by atoms with Crippen molar-refractivity contribution in [2.24, 2.45) is 0 Å². The van der Waals surface area contributed by atoms with Gasteiger partial charge in [0.2, 0.25) is 0 Å². The SMILES string of the molecule is CC(O)c1nc2ccc(Br)cc2s1. The number of aliphatic hydroxyl groups is 1. The monoisotopic (exact) mass is 257 g/mol. The summed E-state index contributed by atoms with van der Waals surface area (Å²) in [5, 5.41) is 10.1. The van der Waals surface area contributed by atoms with Gasteiger partial charge in [-0.25, -0.2) is 4.98 Å². The molecule has 2 rings (SSSR count). The summed E-state index contributed by atoms with van der Waals surface area (Å²) < 4.78 is 2.14. The van der Waals surface area contributed by atoms with E-state index >= 15 is 0 Å². The Morgan fingerprint density at radius 3 is 3.00 bits per heavy atom. The van der Waals surface area contributed by atoms with E-state index in [0.717, 1.165) is 19.7 Å². The molecular weight excluding hydrogens is 250 g/mol. The zero-order valence-electron chi connectivity index (χ0n) is 6.99. The van der Waals surface area contributed by atoms with Crippen LogP contribution < -0.4 is 0 Å². The molecule has 1 heterocycles. The predicted molar refractivity (Wildman–Crippen MR) is 58.0 cm³/mol. The van der Waals surface area contributed by atoms with Crippen molar-refractivity contribution in [3.05, 3.63) is 27.7 Å². The molecule has 68 valence electrons. The van der Waals surface area contributed by atoms with Crippen LogP contribution >= 0.6 is 27.3 Å². The average molecular weight is 258 g/mol. The minimum Gasteiger partial charge on any atom is -0.386 e. The van der Waals surface area contributed by atoms with Gasteiger partial charge in [0, 0.05) is 4.47 Å². The summed E-state index contributed by atoms with van der Waals surface area (Å²) in [6.07, 6.45) is -0.476. The van der Waals surface area contributed by atoms with Crippen molar-refractivity contribution in [2.45, 2.75) is 13.0 Å². The predicted octanol–water partition coefficient (Wildman–Crippen LogP) is 3.11. The molecule has 0 saturated heterocycles. The van der Waals surface area contributed by atoms with Gasteiger partial charge in [0.15, 0.2) is 0 Å². The summed E-state index contributed by atoms with van der Waals surface area (Å²) in [5.41, 5.74) is 0.948. The first-order chi connectivity index (χ1) is 6.16. The summed E-state index contributed by atoms with van der Waals surface area (Å²) in [5.74, 6) is 0. The molecule has 0 aliphatic rings. The first-order valence-corrected chi connectivity index (χ1v) is 5.52. The molecule has 2 aromatic rings. The Kier molecular flexibility index (Phi) is 2.36. The number of hydrogen-bond donors (Lipinski definition) is 1. The van der Waals surface area contributed by atoms with Crippen LogP contribution in [0.4, 0.5) is 0 Å². The highest BCUT2D eigenvalue weighted by Crippen LogP contribution is 2.28.